The maximum absolute atomic E-state index is 5.77. The lowest BCUT2D eigenvalue weighted by atomic mass is 10.0. The van der Waals surface area contributed by atoms with Crippen LogP contribution in [0.15, 0.2) is 0 Å². The van der Waals surface area contributed by atoms with Crippen molar-refractivity contribution < 1.29 is 27.2 Å². The summed E-state index contributed by atoms with van der Waals surface area (Å²) in [5.41, 5.74) is 5.80. The standard InChI is InChI=1S/C10H22O4Si.C6H14N2.C2H8O2Si/c1-4-10(12-8-9-7-11-9)15(13-5-2)14-6-3;1-5(7)6-2-3-8-4-6;1-3-5-4-2/h9-10,15H,4-8H2,1-3H3;5-6,8H,2-4,7H2,1H3;5H2,1-2H3. The van der Waals surface area contributed by atoms with Crippen LogP contribution in [0.2, 0.25) is 0 Å². The first-order valence-electron chi connectivity index (χ1n) is 10.4. The van der Waals surface area contributed by atoms with Crippen molar-refractivity contribution in [3.05, 3.63) is 0 Å². The first kappa shape index (κ1) is 28.1. The zero-order valence-electron chi connectivity index (χ0n) is 18.8. The normalized spacial score (nSPS) is 22.7. The Kier molecular flexibility index (Phi) is 19.2. The van der Waals surface area contributed by atoms with Crippen molar-refractivity contribution in [2.45, 2.75) is 58.4 Å². The molecule has 10 heteroatoms. The number of ether oxygens (including phenoxy) is 2. The molecule has 2 aliphatic rings. The highest BCUT2D eigenvalue weighted by Crippen LogP contribution is 2.13. The Morgan fingerprint density at radius 1 is 1.18 bits per heavy atom. The van der Waals surface area contributed by atoms with E-state index in [0.717, 1.165) is 32.0 Å². The Morgan fingerprint density at radius 3 is 2.07 bits per heavy atom. The summed E-state index contributed by atoms with van der Waals surface area (Å²) >= 11 is 0. The van der Waals surface area contributed by atoms with Crippen molar-refractivity contribution in [2.24, 2.45) is 11.7 Å². The van der Waals surface area contributed by atoms with Crippen LogP contribution >= 0.6 is 0 Å². The third kappa shape index (κ3) is 15.0. The predicted molar refractivity (Wildman–Crippen MR) is 117 cm³/mol. The van der Waals surface area contributed by atoms with Crippen LogP contribution in [-0.2, 0) is 27.2 Å². The number of rotatable bonds is 12. The molecule has 8 nitrogen and oxygen atoms in total. The molecule has 28 heavy (non-hydrogen) atoms. The first-order valence-corrected chi connectivity index (χ1v) is 13.2. The number of hydrogen-bond donors (Lipinski definition) is 2. The number of epoxide rings is 1. The molecule has 170 valence electrons. The van der Waals surface area contributed by atoms with Crippen molar-refractivity contribution in [1.82, 2.24) is 5.32 Å². The Morgan fingerprint density at radius 2 is 1.79 bits per heavy atom. The van der Waals surface area contributed by atoms with E-state index in [0.29, 0.717) is 32.0 Å². The number of nitrogens with two attached hydrogens (primary N) is 1. The summed E-state index contributed by atoms with van der Waals surface area (Å²) < 4.78 is 31.4. The topological polar surface area (TPSA) is 96.7 Å². The fraction of sp³-hybridized carbons (Fsp3) is 1.00. The van der Waals surface area contributed by atoms with Crippen LogP contribution in [-0.4, -0.2) is 90.9 Å². The third-order valence-corrected chi connectivity index (χ3v) is 7.41. The van der Waals surface area contributed by atoms with Crippen LogP contribution in [0.5, 0.6) is 0 Å². The molecule has 4 atom stereocenters. The maximum atomic E-state index is 5.77. The highest BCUT2D eigenvalue weighted by atomic mass is 28.3. The largest absolute Gasteiger partial charge is 0.402 e. The fourth-order valence-electron chi connectivity index (χ4n) is 2.62. The average molecular weight is 441 g/mol. The monoisotopic (exact) mass is 440 g/mol. The Bertz CT molecular complexity index is 327. The van der Waals surface area contributed by atoms with Crippen LogP contribution < -0.4 is 11.1 Å². The van der Waals surface area contributed by atoms with Gasteiger partial charge in [0, 0.05) is 33.5 Å². The van der Waals surface area contributed by atoms with Crippen LogP contribution in [0.4, 0.5) is 0 Å². The summed E-state index contributed by atoms with van der Waals surface area (Å²) in [6, 6.07) is 0.380. The molecule has 0 amide bonds. The summed E-state index contributed by atoms with van der Waals surface area (Å²) in [6.45, 7) is 13.4. The number of hydrogen-bond acceptors (Lipinski definition) is 8. The molecule has 0 bridgehead atoms. The highest BCUT2D eigenvalue weighted by molar-refractivity contribution is 6.46. The van der Waals surface area contributed by atoms with Crippen molar-refractivity contribution in [3.8, 4) is 0 Å². The van der Waals surface area contributed by atoms with Gasteiger partial charge in [-0.1, -0.05) is 6.92 Å². The molecule has 0 radical (unpaired) electrons. The fourth-order valence-corrected chi connectivity index (χ4v) is 4.69. The molecular formula is C18H44N2O6Si2. The van der Waals surface area contributed by atoms with Gasteiger partial charge >= 0.3 is 19.3 Å². The van der Waals surface area contributed by atoms with Gasteiger partial charge in [0.15, 0.2) is 0 Å². The second-order valence-corrected chi connectivity index (χ2v) is 10.4. The van der Waals surface area contributed by atoms with E-state index < -0.39 is 19.3 Å². The van der Waals surface area contributed by atoms with Crippen molar-refractivity contribution in [2.75, 3.05) is 53.7 Å². The minimum atomic E-state index is -1.66. The lowest BCUT2D eigenvalue weighted by Gasteiger charge is -2.23. The molecule has 0 aliphatic carbocycles. The third-order valence-electron chi connectivity index (χ3n) is 4.34. The zero-order valence-corrected chi connectivity index (χ0v) is 21.3. The quantitative estimate of drug-likeness (QED) is 0.329. The van der Waals surface area contributed by atoms with Crippen LogP contribution in [0, 0.1) is 5.92 Å². The lowest BCUT2D eigenvalue weighted by molar-refractivity contribution is 0.0499. The molecule has 0 aromatic carbocycles. The van der Waals surface area contributed by atoms with Gasteiger partial charge in [-0.3, -0.25) is 0 Å². The van der Waals surface area contributed by atoms with Crippen molar-refractivity contribution in [3.63, 3.8) is 0 Å². The molecule has 0 aromatic heterocycles. The van der Waals surface area contributed by atoms with E-state index in [-0.39, 0.29) is 5.73 Å². The molecule has 4 unspecified atom stereocenters. The predicted octanol–water partition coefficient (Wildman–Crippen LogP) is 0.234. The zero-order chi connectivity index (χ0) is 21.2. The second-order valence-electron chi connectivity index (χ2n) is 6.82. The Hall–Kier alpha value is 0.114. The minimum Gasteiger partial charge on any atom is -0.402 e. The summed E-state index contributed by atoms with van der Waals surface area (Å²) in [5.74, 6) is 0.731. The van der Waals surface area contributed by atoms with Gasteiger partial charge in [0.2, 0.25) is 0 Å². The average Bonchev–Trinajstić information content (AvgIpc) is 3.33. The molecule has 2 heterocycles. The Labute approximate surface area is 176 Å². The summed E-state index contributed by atoms with van der Waals surface area (Å²) in [7, 11) is 1.07. The van der Waals surface area contributed by atoms with E-state index in [1.54, 1.807) is 14.2 Å². The van der Waals surface area contributed by atoms with Gasteiger partial charge in [0.1, 0.15) is 6.10 Å². The second kappa shape index (κ2) is 19.1. The molecule has 0 aromatic rings. The Balaban J connectivity index is 0.000000466. The van der Waals surface area contributed by atoms with E-state index >= 15 is 0 Å². The molecule has 2 saturated heterocycles. The summed E-state index contributed by atoms with van der Waals surface area (Å²) in [5, 5.41) is 3.27. The first-order chi connectivity index (χ1) is 13.5. The van der Waals surface area contributed by atoms with Gasteiger partial charge in [-0.25, -0.2) is 0 Å². The molecule has 0 spiro atoms. The minimum absolute atomic E-state index is 0.147. The molecule has 3 N–H and O–H groups in total. The SMILES string of the molecule is CC(N)C1CCNC1.CCO[SiH](OCC)C(CC)OCC1CO1.CO[SiH2]OC. The molecule has 2 fully saturated rings. The van der Waals surface area contributed by atoms with E-state index in [1.807, 2.05) is 13.8 Å². The van der Waals surface area contributed by atoms with E-state index in [9.17, 15) is 0 Å². The number of nitrogens with one attached hydrogen (secondary N) is 1. The smallest absolute Gasteiger partial charge is 0.351 e. The van der Waals surface area contributed by atoms with Gasteiger partial charge in [0.05, 0.1) is 18.9 Å². The molecule has 2 aliphatic heterocycles. The van der Waals surface area contributed by atoms with Gasteiger partial charge in [-0.15, -0.1) is 0 Å². The molecular weight excluding hydrogens is 396 g/mol. The van der Waals surface area contributed by atoms with Gasteiger partial charge in [-0.2, -0.15) is 0 Å². The van der Waals surface area contributed by atoms with E-state index in [1.165, 1.54) is 6.42 Å². The van der Waals surface area contributed by atoms with Crippen LogP contribution in [0.25, 0.3) is 0 Å². The van der Waals surface area contributed by atoms with E-state index in [2.05, 4.69) is 28.0 Å². The lowest BCUT2D eigenvalue weighted by Crippen LogP contribution is -2.39. The molecule has 2 rings (SSSR count). The van der Waals surface area contributed by atoms with Gasteiger partial charge in [-0.05, 0) is 52.6 Å². The molecule has 0 saturated carbocycles. The van der Waals surface area contributed by atoms with E-state index in [4.69, 9.17) is 24.1 Å². The summed E-state index contributed by atoms with van der Waals surface area (Å²) in [4.78, 5) is 0. The van der Waals surface area contributed by atoms with Crippen molar-refractivity contribution >= 4 is 19.3 Å². The van der Waals surface area contributed by atoms with Crippen molar-refractivity contribution in [1.29, 1.82) is 0 Å². The van der Waals surface area contributed by atoms with Crippen LogP contribution in [0.3, 0.4) is 0 Å². The van der Waals surface area contributed by atoms with Gasteiger partial charge < -0.3 is 38.2 Å². The summed E-state index contributed by atoms with van der Waals surface area (Å²) in [6.07, 6.45) is 2.53. The van der Waals surface area contributed by atoms with Crippen LogP contribution in [0.1, 0.15) is 40.5 Å². The highest BCUT2D eigenvalue weighted by Gasteiger charge is 2.29. The maximum Gasteiger partial charge on any atom is 0.351 e. The van der Waals surface area contributed by atoms with Gasteiger partial charge in [0.25, 0.3) is 0 Å².